The van der Waals surface area contributed by atoms with Gasteiger partial charge >= 0.3 is 0 Å². The molecule has 0 aromatic heterocycles. The first kappa shape index (κ1) is 55.6. The number of hydrogen-bond acceptors (Lipinski definition) is 10. The molecule has 4 aliphatic rings. The van der Waals surface area contributed by atoms with Crippen molar-refractivity contribution in [1.82, 2.24) is 47.0 Å². The Morgan fingerprint density at radius 1 is 0.658 bits per heavy atom. The molecule has 8 rings (SSSR count). The van der Waals surface area contributed by atoms with E-state index in [1.54, 1.807) is 49.9 Å². The highest BCUT2D eigenvalue weighted by Gasteiger charge is 2.44. The second kappa shape index (κ2) is 25.0. The maximum absolute atomic E-state index is 14.6. The molecule has 2 saturated heterocycles. The molecule has 2 aliphatic heterocycles. The van der Waals surface area contributed by atoms with Gasteiger partial charge in [-0.05, 0) is 142 Å². The molecule has 0 saturated carbocycles. The minimum Gasteiger partial charge on any atom is -0.489 e. The second-order valence-electron chi connectivity index (χ2n) is 22.3. The number of nitrogens with zero attached hydrogens (tertiary/aromatic N) is 2. The third kappa shape index (κ3) is 13.5. The summed E-state index contributed by atoms with van der Waals surface area (Å²) in [5, 5.41) is 22.2. The summed E-state index contributed by atoms with van der Waals surface area (Å²) in [5.41, 5.74) is 6.46. The molecule has 2 fully saturated rings. The summed E-state index contributed by atoms with van der Waals surface area (Å²) >= 11 is 0. The molecular weight excluding hydrogens is 959 g/mol. The molecule has 0 bridgehead atoms. The van der Waals surface area contributed by atoms with Gasteiger partial charge in [0.2, 0.25) is 29.5 Å². The van der Waals surface area contributed by atoms with Crippen molar-refractivity contribution in [3.63, 3.8) is 0 Å². The summed E-state index contributed by atoms with van der Waals surface area (Å²) in [6, 6.07) is 27.5. The second-order valence-corrected chi connectivity index (χ2v) is 22.3. The lowest BCUT2D eigenvalue weighted by Gasteiger charge is -2.38. The first-order chi connectivity index (χ1) is 36.5. The number of benzene rings is 4. The monoisotopic (exact) mass is 1040 g/mol. The van der Waals surface area contributed by atoms with Crippen molar-refractivity contribution in [3.05, 3.63) is 136 Å². The number of likely N-dealkylation sites (tertiary alicyclic amines) is 2. The van der Waals surface area contributed by atoms with Crippen LogP contribution in [0.2, 0.25) is 0 Å². The molecule has 16 nitrogen and oxygen atoms in total. The van der Waals surface area contributed by atoms with E-state index in [-0.39, 0.29) is 79.3 Å². The summed E-state index contributed by atoms with van der Waals surface area (Å²) in [6.45, 7) is 10.3. The third-order valence-corrected chi connectivity index (χ3v) is 15.9. The fourth-order valence-electron chi connectivity index (χ4n) is 11.2. The molecule has 76 heavy (non-hydrogen) atoms. The summed E-state index contributed by atoms with van der Waals surface area (Å²) < 4.78 is 6.17. The minimum absolute atomic E-state index is 0.0371. The van der Waals surface area contributed by atoms with Gasteiger partial charge in [-0.25, -0.2) is 0 Å². The van der Waals surface area contributed by atoms with Crippen LogP contribution in [0.15, 0.2) is 97.1 Å². The smallest absolute Gasteiger partial charge is 0.251 e. The van der Waals surface area contributed by atoms with E-state index >= 15 is 0 Å². The van der Waals surface area contributed by atoms with Crippen LogP contribution in [-0.2, 0) is 49.8 Å². The molecule has 4 aromatic rings. The lowest BCUT2D eigenvalue weighted by molar-refractivity contribution is -0.141. The number of hydrogen-bond donors (Lipinski definition) is 7. The number of nitrogens with one attached hydrogen (secondary N) is 7. The first-order valence-corrected chi connectivity index (χ1v) is 27.4. The summed E-state index contributed by atoms with van der Waals surface area (Å²) in [6.07, 6.45) is 7.35. The number of carbonyl (C=O) groups is 6. The number of rotatable bonds is 19. The fraction of sp³-hybridized carbons (Fsp3) is 0.500. The van der Waals surface area contributed by atoms with Crippen molar-refractivity contribution >= 4 is 35.4 Å². The van der Waals surface area contributed by atoms with Gasteiger partial charge in [-0.15, -0.1) is 0 Å². The Bertz CT molecular complexity index is 2690. The SMILES string of the molecule is CN[C@@H](C)C(=O)N[C@@H](Cc1ccc(OCc2ccc(C(=O)N[C@H]3CC(N[C@@H]4CCCc5ccccc54)N(C(=O)[C@@H](NC(=O)[C@H](C)NC)C(C)(C)C)C3)cc2)cc1)C(=O)N1CCCC1C(=O)N[C@@H]1CCCc2ccccc21. The van der Waals surface area contributed by atoms with Gasteiger partial charge in [0.1, 0.15) is 30.5 Å². The van der Waals surface area contributed by atoms with E-state index in [9.17, 15) is 28.8 Å². The van der Waals surface area contributed by atoms with Crippen molar-refractivity contribution in [2.24, 2.45) is 5.41 Å². The number of carbonyl (C=O) groups excluding carboxylic acids is 6. The predicted octanol–water partition coefficient (Wildman–Crippen LogP) is 5.55. The molecule has 4 aromatic carbocycles. The van der Waals surface area contributed by atoms with Gasteiger partial charge in [0, 0.05) is 37.5 Å². The quantitative estimate of drug-likeness (QED) is 0.0625. The molecule has 9 atom stereocenters. The molecule has 16 heteroatoms. The molecule has 2 heterocycles. The standard InChI is InChI=1S/C60H79N9O7/c1-37(61-6)54(70)66-50(58(74)68-32-14-23-51(68)57(73)65-49-22-13-18-42-16-9-11-20-47(42)49)33-39-26-30-45(31-27-39)76-36-40-24-28-43(29-25-40)56(72)63-44-34-52(64-48-21-12-17-41-15-8-10-19-46(41)48)69(35-44)59(75)53(60(3,4)5)67-55(71)38(2)62-7/h8-11,15-16,19-20,24-31,37-38,44,48-53,61-62,64H,12-14,17-18,21-23,32-36H2,1-7H3,(H,63,72)(H,65,73)(H,66,70)(H,67,71)/t37-,38-,44-,48+,49+,50-,51?,52?,53+/m0/s1. The molecule has 2 unspecified atom stereocenters. The maximum Gasteiger partial charge on any atom is 0.251 e. The van der Waals surface area contributed by atoms with Crippen LogP contribution in [0.25, 0.3) is 0 Å². The van der Waals surface area contributed by atoms with Crippen LogP contribution >= 0.6 is 0 Å². The van der Waals surface area contributed by atoms with E-state index in [0.29, 0.717) is 37.1 Å². The van der Waals surface area contributed by atoms with Crippen LogP contribution in [0.3, 0.4) is 0 Å². The minimum atomic E-state index is -0.894. The van der Waals surface area contributed by atoms with Crippen molar-refractivity contribution in [2.45, 2.75) is 160 Å². The number of likely N-dealkylation sites (N-methyl/N-ethyl adjacent to an activating group) is 2. The average Bonchev–Trinajstić information content (AvgIpc) is 4.09. The molecule has 6 amide bonds. The summed E-state index contributed by atoms with van der Waals surface area (Å²) in [5.74, 6) is -0.864. The molecule has 7 N–H and O–H groups in total. The zero-order chi connectivity index (χ0) is 54.1. The number of ether oxygens (including phenoxy) is 1. The van der Waals surface area contributed by atoms with E-state index in [1.165, 1.54) is 16.7 Å². The van der Waals surface area contributed by atoms with Gasteiger partial charge in [-0.2, -0.15) is 0 Å². The van der Waals surface area contributed by atoms with Crippen molar-refractivity contribution in [2.75, 3.05) is 27.2 Å². The average molecular weight is 1040 g/mol. The van der Waals surface area contributed by atoms with E-state index in [1.807, 2.05) is 75.4 Å². The topological polar surface area (TPSA) is 202 Å². The van der Waals surface area contributed by atoms with Crippen LogP contribution in [-0.4, -0.2) is 115 Å². The van der Waals surface area contributed by atoms with E-state index < -0.39 is 35.6 Å². The van der Waals surface area contributed by atoms with Crippen molar-refractivity contribution in [3.8, 4) is 5.75 Å². The third-order valence-electron chi connectivity index (χ3n) is 15.9. The summed E-state index contributed by atoms with van der Waals surface area (Å²) in [7, 11) is 3.40. The largest absolute Gasteiger partial charge is 0.489 e. The molecule has 0 radical (unpaired) electrons. The van der Waals surface area contributed by atoms with Gasteiger partial charge in [0.25, 0.3) is 5.91 Å². The van der Waals surface area contributed by atoms with Gasteiger partial charge in [-0.3, -0.25) is 34.1 Å². The van der Waals surface area contributed by atoms with Crippen LogP contribution in [0, 0.1) is 5.41 Å². The maximum atomic E-state index is 14.6. The first-order valence-electron chi connectivity index (χ1n) is 27.4. The van der Waals surface area contributed by atoms with E-state index in [4.69, 9.17) is 4.74 Å². The van der Waals surface area contributed by atoms with Crippen molar-refractivity contribution < 1.29 is 33.5 Å². The van der Waals surface area contributed by atoms with Gasteiger partial charge in [0.15, 0.2) is 0 Å². The number of fused-ring (bicyclic) bond motifs is 2. The normalized spacial score (nSPS) is 21.8. The summed E-state index contributed by atoms with van der Waals surface area (Å²) in [4.78, 5) is 86.6. The van der Waals surface area contributed by atoms with Gasteiger partial charge < -0.3 is 46.4 Å². The molecule has 2 aliphatic carbocycles. The Morgan fingerprint density at radius 2 is 1.25 bits per heavy atom. The van der Waals surface area contributed by atoms with Crippen LogP contribution in [0.5, 0.6) is 5.75 Å². The molecule has 0 spiro atoms. The highest BCUT2D eigenvalue weighted by atomic mass is 16.5. The van der Waals surface area contributed by atoms with Gasteiger partial charge in [-0.1, -0.05) is 93.6 Å². The molecule has 406 valence electrons. The Hall–Kier alpha value is -6.62. The molecular formula is C60H79N9O7. The fourth-order valence-corrected chi connectivity index (χ4v) is 11.2. The number of aryl methyl sites for hydroxylation is 2. The van der Waals surface area contributed by atoms with Crippen LogP contribution in [0.4, 0.5) is 0 Å². The highest BCUT2D eigenvalue weighted by molar-refractivity contribution is 5.95. The highest BCUT2D eigenvalue weighted by Crippen LogP contribution is 2.34. The van der Waals surface area contributed by atoms with E-state index in [0.717, 1.165) is 55.2 Å². The Balaban J connectivity index is 0.881. The lowest BCUT2D eigenvalue weighted by Crippen LogP contribution is -2.60. The van der Waals surface area contributed by atoms with Gasteiger partial charge in [0.05, 0.1) is 30.3 Å². The van der Waals surface area contributed by atoms with Crippen LogP contribution < -0.4 is 42.0 Å². The number of amides is 6. The predicted molar refractivity (Wildman–Crippen MR) is 293 cm³/mol. The Morgan fingerprint density at radius 3 is 1.88 bits per heavy atom. The van der Waals surface area contributed by atoms with Crippen LogP contribution in [0.1, 0.15) is 135 Å². The van der Waals surface area contributed by atoms with Crippen molar-refractivity contribution in [1.29, 1.82) is 0 Å². The lowest BCUT2D eigenvalue weighted by atomic mass is 9.85. The zero-order valence-corrected chi connectivity index (χ0v) is 45.4. The Labute approximate surface area is 448 Å². The zero-order valence-electron chi connectivity index (χ0n) is 45.4. The van der Waals surface area contributed by atoms with E-state index in [2.05, 4.69) is 67.5 Å². The Kier molecular flexibility index (Phi) is 18.3.